The maximum Gasteiger partial charge on any atom is 0.123 e. The lowest BCUT2D eigenvalue weighted by Gasteiger charge is -2.05. The average molecular weight is 283 g/mol. The first kappa shape index (κ1) is 11.3. The van der Waals surface area contributed by atoms with E-state index >= 15 is 0 Å². The van der Waals surface area contributed by atoms with E-state index in [1.165, 1.54) is 12.1 Å². The fraction of sp³-hybridized carbons (Fsp3) is 0.250. The van der Waals surface area contributed by atoms with Gasteiger partial charge in [-0.3, -0.25) is 4.68 Å². The van der Waals surface area contributed by atoms with Gasteiger partial charge in [-0.1, -0.05) is 0 Å². The van der Waals surface area contributed by atoms with Gasteiger partial charge in [0.15, 0.2) is 0 Å². The summed E-state index contributed by atoms with van der Waals surface area (Å²) in [6.07, 6.45) is 0. The standard InChI is InChI=1S/C12H12BrFN2/c1-3-16-12(11(13)8(2)15-16)9-4-6-10(14)7-5-9/h4-7H,3H2,1-2H3. The molecule has 0 unspecified atom stereocenters. The van der Waals surface area contributed by atoms with Gasteiger partial charge in [-0.25, -0.2) is 4.39 Å². The van der Waals surface area contributed by atoms with Gasteiger partial charge in [0.1, 0.15) is 5.82 Å². The van der Waals surface area contributed by atoms with E-state index in [4.69, 9.17) is 0 Å². The summed E-state index contributed by atoms with van der Waals surface area (Å²) in [7, 11) is 0. The zero-order valence-electron chi connectivity index (χ0n) is 9.17. The molecule has 0 aliphatic rings. The number of hydrogen-bond acceptors (Lipinski definition) is 1. The van der Waals surface area contributed by atoms with Crippen LogP contribution in [0.4, 0.5) is 4.39 Å². The quantitative estimate of drug-likeness (QED) is 0.820. The molecule has 1 aromatic heterocycles. The smallest absolute Gasteiger partial charge is 0.123 e. The van der Waals surface area contributed by atoms with Crippen molar-refractivity contribution in [2.45, 2.75) is 20.4 Å². The zero-order valence-corrected chi connectivity index (χ0v) is 10.8. The van der Waals surface area contributed by atoms with Crippen molar-refractivity contribution >= 4 is 15.9 Å². The van der Waals surface area contributed by atoms with E-state index < -0.39 is 0 Å². The minimum Gasteiger partial charge on any atom is -0.264 e. The highest BCUT2D eigenvalue weighted by molar-refractivity contribution is 9.10. The van der Waals surface area contributed by atoms with E-state index in [0.29, 0.717) is 0 Å². The van der Waals surface area contributed by atoms with Crippen molar-refractivity contribution in [2.24, 2.45) is 0 Å². The third-order valence-electron chi connectivity index (χ3n) is 2.47. The monoisotopic (exact) mass is 282 g/mol. The van der Waals surface area contributed by atoms with Crippen LogP contribution in [-0.2, 0) is 6.54 Å². The number of halogens is 2. The highest BCUT2D eigenvalue weighted by Crippen LogP contribution is 2.30. The van der Waals surface area contributed by atoms with Crippen molar-refractivity contribution in [1.29, 1.82) is 0 Å². The first-order valence-electron chi connectivity index (χ1n) is 5.12. The van der Waals surface area contributed by atoms with E-state index in [1.807, 2.05) is 18.5 Å². The second-order valence-corrected chi connectivity index (χ2v) is 4.36. The van der Waals surface area contributed by atoms with Crippen molar-refractivity contribution in [3.63, 3.8) is 0 Å². The van der Waals surface area contributed by atoms with Gasteiger partial charge in [0.2, 0.25) is 0 Å². The van der Waals surface area contributed by atoms with E-state index in [-0.39, 0.29) is 5.82 Å². The molecule has 84 valence electrons. The number of benzene rings is 1. The summed E-state index contributed by atoms with van der Waals surface area (Å²) in [5.74, 6) is -0.223. The molecule has 2 aromatic rings. The lowest BCUT2D eigenvalue weighted by molar-refractivity contribution is 0.627. The molecule has 0 fully saturated rings. The molecule has 2 rings (SSSR count). The summed E-state index contributed by atoms with van der Waals surface area (Å²) in [5, 5.41) is 4.40. The summed E-state index contributed by atoms with van der Waals surface area (Å²) in [6, 6.07) is 6.46. The van der Waals surface area contributed by atoms with Crippen molar-refractivity contribution in [3.8, 4) is 11.3 Å². The molecule has 0 saturated carbocycles. The fourth-order valence-electron chi connectivity index (χ4n) is 1.67. The van der Waals surface area contributed by atoms with E-state index in [1.54, 1.807) is 12.1 Å². The highest BCUT2D eigenvalue weighted by atomic mass is 79.9. The number of nitrogens with zero attached hydrogens (tertiary/aromatic N) is 2. The molecular formula is C12H12BrFN2. The number of aromatic nitrogens is 2. The topological polar surface area (TPSA) is 17.8 Å². The van der Waals surface area contributed by atoms with Gasteiger partial charge >= 0.3 is 0 Å². The molecule has 4 heteroatoms. The van der Waals surface area contributed by atoms with Crippen LogP contribution < -0.4 is 0 Å². The second kappa shape index (κ2) is 4.37. The molecule has 1 aromatic carbocycles. The maximum atomic E-state index is 12.9. The molecule has 0 spiro atoms. The molecular weight excluding hydrogens is 271 g/mol. The summed E-state index contributed by atoms with van der Waals surface area (Å²) < 4.78 is 15.7. The molecule has 0 N–H and O–H groups in total. The number of rotatable bonds is 2. The van der Waals surface area contributed by atoms with Crippen molar-refractivity contribution in [2.75, 3.05) is 0 Å². The summed E-state index contributed by atoms with van der Waals surface area (Å²) >= 11 is 3.52. The predicted octanol–water partition coefficient (Wildman–Crippen LogP) is 3.78. The number of hydrogen-bond donors (Lipinski definition) is 0. The first-order valence-corrected chi connectivity index (χ1v) is 5.91. The molecule has 0 bridgehead atoms. The SMILES string of the molecule is CCn1nc(C)c(Br)c1-c1ccc(F)cc1. The summed E-state index contributed by atoms with van der Waals surface area (Å²) in [5.41, 5.74) is 2.91. The second-order valence-electron chi connectivity index (χ2n) is 3.57. The van der Waals surface area contributed by atoms with E-state index in [9.17, 15) is 4.39 Å². The zero-order chi connectivity index (χ0) is 11.7. The van der Waals surface area contributed by atoms with Crippen LogP contribution in [0.25, 0.3) is 11.3 Å². The minimum absolute atomic E-state index is 0.223. The van der Waals surface area contributed by atoms with Crippen molar-refractivity contribution in [1.82, 2.24) is 9.78 Å². The third kappa shape index (κ3) is 1.89. The largest absolute Gasteiger partial charge is 0.264 e. The van der Waals surface area contributed by atoms with Crippen LogP contribution >= 0.6 is 15.9 Å². The first-order chi connectivity index (χ1) is 7.63. The minimum atomic E-state index is -0.223. The van der Waals surface area contributed by atoms with Crippen LogP contribution in [0, 0.1) is 12.7 Å². The Morgan fingerprint density at radius 1 is 1.31 bits per heavy atom. The molecule has 0 atom stereocenters. The molecule has 0 aliphatic carbocycles. The maximum absolute atomic E-state index is 12.9. The van der Waals surface area contributed by atoms with Gasteiger partial charge in [-0.2, -0.15) is 5.10 Å². The van der Waals surface area contributed by atoms with Crippen molar-refractivity contribution in [3.05, 3.63) is 40.2 Å². The Hall–Kier alpha value is -1.16. The molecule has 0 amide bonds. The molecule has 0 saturated heterocycles. The van der Waals surface area contributed by atoms with Gasteiger partial charge in [0.25, 0.3) is 0 Å². The van der Waals surface area contributed by atoms with Gasteiger partial charge in [-0.05, 0) is 54.0 Å². The lowest BCUT2D eigenvalue weighted by Crippen LogP contribution is -1.99. The average Bonchev–Trinajstić information content (AvgIpc) is 2.57. The van der Waals surface area contributed by atoms with Crippen LogP contribution in [0.5, 0.6) is 0 Å². The van der Waals surface area contributed by atoms with Crippen LogP contribution in [0.3, 0.4) is 0 Å². The van der Waals surface area contributed by atoms with Crippen LogP contribution in [0.2, 0.25) is 0 Å². The predicted molar refractivity (Wildman–Crippen MR) is 65.7 cm³/mol. The molecule has 0 aliphatic heterocycles. The molecule has 2 nitrogen and oxygen atoms in total. The Balaban J connectivity index is 2.58. The number of aryl methyl sites for hydroxylation is 2. The van der Waals surface area contributed by atoms with Crippen LogP contribution in [0.1, 0.15) is 12.6 Å². The van der Waals surface area contributed by atoms with Gasteiger partial charge < -0.3 is 0 Å². The van der Waals surface area contributed by atoms with Crippen molar-refractivity contribution < 1.29 is 4.39 Å². The van der Waals surface area contributed by atoms with E-state index in [0.717, 1.165) is 28.0 Å². The fourth-order valence-corrected chi connectivity index (χ4v) is 2.18. The highest BCUT2D eigenvalue weighted by Gasteiger charge is 2.13. The molecule has 16 heavy (non-hydrogen) atoms. The van der Waals surface area contributed by atoms with Crippen LogP contribution in [-0.4, -0.2) is 9.78 Å². The van der Waals surface area contributed by atoms with Gasteiger partial charge in [0, 0.05) is 12.1 Å². The lowest BCUT2D eigenvalue weighted by atomic mass is 10.1. The molecule has 0 radical (unpaired) electrons. The third-order valence-corrected chi connectivity index (χ3v) is 3.42. The Morgan fingerprint density at radius 3 is 2.50 bits per heavy atom. The summed E-state index contributed by atoms with van der Waals surface area (Å²) in [6.45, 7) is 4.77. The Bertz CT molecular complexity index is 502. The van der Waals surface area contributed by atoms with Crippen LogP contribution in [0.15, 0.2) is 28.7 Å². The van der Waals surface area contributed by atoms with Gasteiger partial charge in [0.05, 0.1) is 15.9 Å². The molecule has 1 heterocycles. The van der Waals surface area contributed by atoms with Gasteiger partial charge in [-0.15, -0.1) is 0 Å². The Labute approximate surface area is 102 Å². The van der Waals surface area contributed by atoms with E-state index in [2.05, 4.69) is 21.0 Å². The Morgan fingerprint density at radius 2 is 1.94 bits per heavy atom. The summed E-state index contributed by atoms with van der Waals surface area (Å²) in [4.78, 5) is 0. The normalized spacial score (nSPS) is 10.8. The Kier molecular flexibility index (Phi) is 3.10.